The van der Waals surface area contributed by atoms with Crippen LogP contribution in [0.3, 0.4) is 0 Å². The number of ether oxygens (including phenoxy) is 2. The number of hydrogen-bond acceptors (Lipinski definition) is 5. The SMILES string of the molecule is COc1cc(N)ccc1C(=O)OC(C)C(N)=O. The van der Waals surface area contributed by atoms with Crippen LogP contribution in [0.1, 0.15) is 17.3 Å². The minimum Gasteiger partial charge on any atom is -0.496 e. The number of rotatable bonds is 4. The molecule has 0 fully saturated rings. The van der Waals surface area contributed by atoms with Crippen LogP contribution in [0.25, 0.3) is 0 Å². The van der Waals surface area contributed by atoms with E-state index in [1.165, 1.54) is 32.2 Å². The quantitative estimate of drug-likeness (QED) is 0.580. The topological polar surface area (TPSA) is 105 Å². The lowest BCUT2D eigenvalue weighted by Crippen LogP contribution is -2.30. The molecular formula is C11H14N2O4. The average Bonchev–Trinajstić information content (AvgIpc) is 2.28. The van der Waals surface area contributed by atoms with Crippen molar-refractivity contribution in [3.63, 3.8) is 0 Å². The van der Waals surface area contributed by atoms with Gasteiger partial charge in [-0.15, -0.1) is 0 Å². The Balaban J connectivity index is 2.92. The second-order valence-electron chi connectivity index (χ2n) is 3.41. The molecule has 0 heterocycles. The van der Waals surface area contributed by atoms with E-state index in [0.29, 0.717) is 5.69 Å². The number of anilines is 1. The molecule has 1 aromatic carbocycles. The van der Waals surface area contributed by atoms with Crippen molar-refractivity contribution in [2.24, 2.45) is 5.73 Å². The summed E-state index contributed by atoms with van der Waals surface area (Å²) in [6.45, 7) is 1.39. The summed E-state index contributed by atoms with van der Waals surface area (Å²) in [5.41, 5.74) is 11.2. The maximum Gasteiger partial charge on any atom is 0.342 e. The Morgan fingerprint density at radius 1 is 1.35 bits per heavy atom. The summed E-state index contributed by atoms with van der Waals surface area (Å²) in [5.74, 6) is -1.12. The summed E-state index contributed by atoms with van der Waals surface area (Å²) in [4.78, 5) is 22.5. The Labute approximate surface area is 98.5 Å². The van der Waals surface area contributed by atoms with Crippen LogP contribution in [0.4, 0.5) is 5.69 Å². The number of esters is 1. The number of nitrogens with two attached hydrogens (primary N) is 2. The predicted octanol–water partition coefficient (Wildman–Crippen LogP) is 0.308. The number of carbonyl (C=O) groups excluding carboxylic acids is 2. The molecule has 0 aliphatic rings. The van der Waals surface area contributed by atoms with Crippen molar-refractivity contribution < 1.29 is 19.1 Å². The van der Waals surface area contributed by atoms with E-state index in [1.807, 2.05) is 0 Å². The fraction of sp³-hybridized carbons (Fsp3) is 0.273. The zero-order valence-corrected chi connectivity index (χ0v) is 9.60. The Kier molecular flexibility index (Phi) is 3.92. The van der Waals surface area contributed by atoms with E-state index >= 15 is 0 Å². The molecule has 0 aliphatic heterocycles. The second-order valence-corrected chi connectivity index (χ2v) is 3.41. The lowest BCUT2D eigenvalue weighted by atomic mass is 10.2. The summed E-state index contributed by atoms with van der Waals surface area (Å²) in [7, 11) is 1.41. The molecule has 1 unspecified atom stereocenters. The summed E-state index contributed by atoms with van der Waals surface area (Å²) < 4.78 is 9.84. The maximum atomic E-state index is 11.7. The molecule has 0 aliphatic carbocycles. The van der Waals surface area contributed by atoms with Crippen LogP contribution in [0.15, 0.2) is 18.2 Å². The fourth-order valence-corrected chi connectivity index (χ4v) is 1.16. The zero-order chi connectivity index (χ0) is 13.0. The van der Waals surface area contributed by atoms with Crippen LogP contribution in [0.2, 0.25) is 0 Å². The van der Waals surface area contributed by atoms with Gasteiger partial charge in [0.1, 0.15) is 11.3 Å². The predicted molar refractivity (Wildman–Crippen MR) is 61.5 cm³/mol. The molecule has 6 heteroatoms. The summed E-state index contributed by atoms with van der Waals surface area (Å²) in [6, 6.07) is 4.49. The van der Waals surface area contributed by atoms with Gasteiger partial charge in [0.05, 0.1) is 7.11 Å². The molecule has 1 amide bonds. The van der Waals surface area contributed by atoms with Gasteiger partial charge >= 0.3 is 5.97 Å². The molecule has 17 heavy (non-hydrogen) atoms. The van der Waals surface area contributed by atoms with Crippen molar-refractivity contribution in [3.05, 3.63) is 23.8 Å². The Morgan fingerprint density at radius 2 is 2.00 bits per heavy atom. The van der Waals surface area contributed by atoms with Crippen LogP contribution in [-0.4, -0.2) is 25.1 Å². The van der Waals surface area contributed by atoms with Crippen molar-refractivity contribution in [2.45, 2.75) is 13.0 Å². The van der Waals surface area contributed by atoms with Crippen LogP contribution in [0, 0.1) is 0 Å². The molecule has 1 atom stereocenters. The van der Waals surface area contributed by atoms with Crippen molar-refractivity contribution in [2.75, 3.05) is 12.8 Å². The van der Waals surface area contributed by atoms with Gasteiger partial charge in [-0.05, 0) is 19.1 Å². The molecule has 4 N–H and O–H groups in total. The van der Waals surface area contributed by atoms with E-state index in [1.54, 1.807) is 0 Å². The average molecular weight is 238 g/mol. The number of carbonyl (C=O) groups is 2. The first-order valence-corrected chi connectivity index (χ1v) is 4.89. The van der Waals surface area contributed by atoms with E-state index in [9.17, 15) is 9.59 Å². The van der Waals surface area contributed by atoms with E-state index < -0.39 is 18.0 Å². The highest BCUT2D eigenvalue weighted by Gasteiger charge is 2.19. The van der Waals surface area contributed by atoms with Crippen LogP contribution >= 0.6 is 0 Å². The first kappa shape index (κ1) is 12.8. The lowest BCUT2D eigenvalue weighted by molar-refractivity contribution is -0.125. The van der Waals surface area contributed by atoms with Gasteiger partial charge < -0.3 is 20.9 Å². The molecule has 1 rings (SSSR count). The highest BCUT2D eigenvalue weighted by molar-refractivity contribution is 5.94. The second kappa shape index (κ2) is 5.20. The van der Waals surface area contributed by atoms with Crippen molar-refractivity contribution in [1.82, 2.24) is 0 Å². The molecule has 0 spiro atoms. The largest absolute Gasteiger partial charge is 0.496 e. The van der Waals surface area contributed by atoms with Crippen LogP contribution in [-0.2, 0) is 9.53 Å². The number of amides is 1. The van der Waals surface area contributed by atoms with Gasteiger partial charge in [-0.1, -0.05) is 0 Å². The Morgan fingerprint density at radius 3 is 2.53 bits per heavy atom. The van der Waals surface area contributed by atoms with Crippen molar-refractivity contribution in [1.29, 1.82) is 0 Å². The molecule has 0 radical (unpaired) electrons. The first-order chi connectivity index (χ1) is 7.95. The minimum absolute atomic E-state index is 0.190. The van der Waals surface area contributed by atoms with E-state index in [4.69, 9.17) is 20.9 Å². The molecule has 0 bridgehead atoms. The number of nitrogen functional groups attached to an aromatic ring is 1. The van der Waals surface area contributed by atoms with Gasteiger partial charge in [-0.3, -0.25) is 4.79 Å². The summed E-state index contributed by atoms with van der Waals surface area (Å²) >= 11 is 0. The van der Waals surface area contributed by atoms with Crippen LogP contribution < -0.4 is 16.2 Å². The smallest absolute Gasteiger partial charge is 0.342 e. The number of hydrogen-bond donors (Lipinski definition) is 2. The third kappa shape index (κ3) is 3.10. The molecule has 0 aromatic heterocycles. The third-order valence-corrected chi connectivity index (χ3v) is 2.13. The minimum atomic E-state index is -0.996. The first-order valence-electron chi connectivity index (χ1n) is 4.89. The fourth-order valence-electron chi connectivity index (χ4n) is 1.16. The van der Waals surface area contributed by atoms with Gasteiger partial charge in [0.25, 0.3) is 5.91 Å². The molecule has 0 saturated carbocycles. The third-order valence-electron chi connectivity index (χ3n) is 2.13. The summed E-state index contributed by atoms with van der Waals surface area (Å²) in [5, 5.41) is 0. The monoisotopic (exact) mass is 238 g/mol. The Hall–Kier alpha value is -2.24. The lowest BCUT2D eigenvalue weighted by Gasteiger charge is -2.12. The number of primary amides is 1. The van der Waals surface area contributed by atoms with E-state index in [-0.39, 0.29) is 11.3 Å². The highest BCUT2D eigenvalue weighted by atomic mass is 16.5. The standard InChI is InChI=1S/C11H14N2O4/c1-6(10(13)14)17-11(15)8-4-3-7(12)5-9(8)16-2/h3-6H,12H2,1-2H3,(H2,13,14). The zero-order valence-electron chi connectivity index (χ0n) is 9.60. The summed E-state index contributed by atoms with van der Waals surface area (Å²) in [6.07, 6.45) is -0.996. The van der Waals surface area contributed by atoms with Crippen molar-refractivity contribution in [3.8, 4) is 5.75 Å². The number of methoxy groups -OCH3 is 1. The maximum absolute atomic E-state index is 11.7. The normalized spacial score (nSPS) is 11.6. The van der Waals surface area contributed by atoms with Gasteiger partial charge in [0.2, 0.25) is 0 Å². The number of benzene rings is 1. The molecule has 6 nitrogen and oxygen atoms in total. The van der Waals surface area contributed by atoms with Gasteiger partial charge in [0, 0.05) is 11.8 Å². The molecule has 1 aromatic rings. The molecule has 0 saturated heterocycles. The molecular weight excluding hydrogens is 224 g/mol. The van der Waals surface area contributed by atoms with Gasteiger partial charge in [-0.25, -0.2) is 4.79 Å². The van der Waals surface area contributed by atoms with E-state index in [2.05, 4.69) is 0 Å². The van der Waals surface area contributed by atoms with Gasteiger partial charge in [0.15, 0.2) is 6.10 Å². The van der Waals surface area contributed by atoms with Gasteiger partial charge in [-0.2, -0.15) is 0 Å². The highest BCUT2D eigenvalue weighted by Crippen LogP contribution is 2.22. The molecule has 92 valence electrons. The van der Waals surface area contributed by atoms with Crippen molar-refractivity contribution >= 4 is 17.6 Å². The van der Waals surface area contributed by atoms with Crippen LogP contribution in [0.5, 0.6) is 5.75 Å². The van der Waals surface area contributed by atoms with E-state index in [0.717, 1.165) is 0 Å². The Bertz CT molecular complexity index is 445.